The third-order valence-corrected chi connectivity index (χ3v) is 2.88. The van der Waals surface area contributed by atoms with Crippen LogP contribution in [0.5, 0.6) is 5.75 Å². The molecule has 2 rings (SSSR count). The predicted octanol–water partition coefficient (Wildman–Crippen LogP) is 1.58. The summed E-state index contributed by atoms with van der Waals surface area (Å²) in [5, 5.41) is 20.6. The van der Waals surface area contributed by atoms with Crippen LogP contribution in [0.1, 0.15) is 23.1 Å². The van der Waals surface area contributed by atoms with Gasteiger partial charge in [0.2, 0.25) is 0 Å². The van der Waals surface area contributed by atoms with Crippen molar-refractivity contribution in [3.8, 4) is 11.4 Å². The van der Waals surface area contributed by atoms with Gasteiger partial charge in [0.05, 0.1) is 17.8 Å². The van der Waals surface area contributed by atoms with Crippen molar-refractivity contribution in [3.63, 3.8) is 0 Å². The molecule has 0 aliphatic carbocycles. The number of methoxy groups -OCH3 is 1. The molecule has 100 valence electrons. The lowest BCUT2D eigenvalue weighted by atomic mass is 10.1. The van der Waals surface area contributed by atoms with Crippen LogP contribution in [0, 0.1) is 0 Å². The van der Waals surface area contributed by atoms with Crippen LogP contribution in [0.25, 0.3) is 5.69 Å². The van der Waals surface area contributed by atoms with E-state index in [1.165, 1.54) is 23.9 Å². The zero-order valence-corrected chi connectivity index (χ0v) is 11.0. The van der Waals surface area contributed by atoms with E-state index < -0.39 is 5.97 Å². The molecule has 19 heavy (non-hydrogen) atoms. The molecule has 1 heterocycles. The summed E-state index contributed by atoms with van der Waals surface area (Å²) in [5.74, 6) is -0.297. The van der Waals surface area contributed by atoms with E-state index >= 15 is 0 Å². The van der Waals surface area contributed by atoms with Gasteiger partial charge >= 0.3 is 5.97 Å². The SMILES string of the molecule is CCc1nnnn1-c1cc(OC)c(C(=O)O)cc1Cl. The van der Waals surface area contributed by atoms with Crippen LogP contribution in [0.15, 0.2) is 12.1 Å². The molecule has 1 aromatic heterocycles. The molecule has 0 saturated carbocycles. The number of carboxylic acid groups (broad SMARTS) is 1. The maximum Gasteiger partial charge on any atom is 0.339 e. The second-order valence-electron chi connectivity index (χ2n) is 3.67. The summed E-state index contributed by atoms with van der Waals surface area (Å²) in [6.45, 7) is 1.90. The zero-order valence-electron chi connectivity index (χ0n) is 10.3. The predicted molar refractivity (Wildman–Crippen MR) is 67.1 cm³/mol. The Morgan fingerprint density at radius 3 is 2.84 bits per heavy atom. The number of aryl methyl sites for hydroxylation is 1. The average molecular weight is 283 g/mol. The molecular formula is C11H11ClN4O3. The summed E-state index contributed by atoms with van der Waals surface area (Å²) >= 11 is 6.09. The van der Waals surface area contributed by atoms with E-state index in [1.54, 1.807) is 0 Å². The molecule has 0 fully saturated rings. The van der Waals surface area contributed by atoms with E-state index in [9.17, 15) is 4.79 Å². The first-order valence-electron chi connectivity index (χ1n) is 5.47. The molecule has 0 amide bonds. The van der Waals surface area contributed by atoms with Gasteiger partial charge < -0.3 is 9.84 Å². The third-order valence-electron chi connectivity index (χ3n) is 2.58. The Kier molecular flexibility index (Phi) is 3.66. The van der Waals surface area contributed by atoms with Crippen LogP contribution in [0.4, 0.5) is 0 Å². The molecule has 0 spiro atoms. The Morgan fingerprint density at radius 1 is 1.53 bits per heavy atom. The largest absolute Gasteiger partial charge is 0.496 e. The first-order valence-corrected chi connectivity index (χ1v) is 5.84. The summed E-state index contributed by atoms with van der Waals surface area (Å²) in [6, 6.07) is 2.82. The first kappa shape index (κ1) is 13.3. The third kappa shape index (κ3) is 2.37. The molecule has 7 nitrogen and oxygen atoms in total. The van der Waals surface area contributed by atoms with Crippen molar-refractivity contribution < 1.29 is 14.6 Å². The number of aromatic carboxylic acids is 1. The number of ether oxygens (including phenoxy) is 1. The zero-order chi connectivity index (χ0) is 14.0. The minimum atomic E-state index is -1.11. The second kappa shape index (κ2) is 5.23. The minimum absolute atomic E-state index is 0.0117. The van der Waals surface area contributed by atoms with E-state index in [-0.39, 0.29) is 16.3 Å². The average Bonchev–Trinajstić information content (AvgIpc) is 2.86. The molecule has 8 heteroatoms. The molecule has 0 radical (unpaired) electrons. The number of halogens is 1. The van der Waals surface area contributed by atoms with Crippen molar-refractivity contribution in [2.45, 2.75) is 13.3 Å². The first-order chi connectivity index (χ1) is 9.08. The highest BCUT2D eigenvalue weighted by molar-refractivity contribution is 6.32. The fourth-order valence-electron chi connectivity index (χ4n) is 1.65. The quantitative estimate of drug-likeness (QED) is 0.916. The van der Waals surface area contributed by atoms with Gasteiger partial charge in [-0.2, -0.15) is 4.68 Å². The highest BCUT2D eigenvalue weighted by Gasteiger charge is 2.18. The molecule has 0 aliphatic rings. The Balaban J connectivity index is 2.62. The number of tetrazole rings is 1. The van der Waals surface area contributed by atoms with Crippen LogP contribution >= 0.6 is 11.6 Å². The number of carbonyl (C=O) groups is 1. The summed E-state index contributed by atoms with van der Waals surface area (Å²) in [7, 11) is 1.39. The van der Waals surface area contributed by atoms with Crippen LogP contribution < -0.4 is 4.74 Å². The van der Waals surface area contributed by atoms with Crippen molar-refractivity contribution in [1.29, 1.82) is 0 Å². The van der Waals surface area contributed by atoms with Gasteiger partial charge in [-0.15, -0.1) is 5.10 Å². The maximum absolute atomic E-state index is 11.1. The molecule has 0 saturated heterocycles. The Bertz CT molecular complexity index is 626. The van der Waals surface area contributed by atoms with Crippen LogP contribution in [0.2, 0.25) is 5.02 Å². The Labute approximate surface area is 113 Å². The lowest BCUT2D eigenvalue weighted by Gasteiger charge is -2.10. The van der Waals surface area contributed by atoms with Crippen molar-refractivity contribution in [2.75, 3.05) is 7.11 Å². The van der Waals surface area contributed by atoms with Gasteiger partial charge in [-0.05, 0) is 16.5 Å². The number of hydrogen-bond donors (Lipinski definition) is 1. The highest BCUT2D eigenvalue weighted by atomic mass is 35.5. The Hall–Kier alpha value is -2.15. The molecule has 2 aromatic rings. The van der Waals surface area contributed by atoms with E-state index in [0.29, 0.717) is 17.9 Å². The molecule has 0 unspecified atom stereocenters. The summed E-state index contributed by atoms with van der Waals surface area (Å²) in [4.78, 5) is 11.1. The highest BCUT2D eigenvalue weighted by Crippen LogP contribution is 2.29. The van der Waals surface area contributed by atoms with Gasteiger partial charge in [0, 0.05) is 12.5 Å². The standard InChI is InChI=1S/C11H11ClN4O3/c1-3-10-13-14-15-16(10)8-5-9(19-2)6(11(17)18)4-7(8)12/h4-5H,3H2,1-2H3,(H,17,18). The van der Waals surface area contributed by atoms with Crippen LogP contribution in [-0.2, 0) is 6.42 Å². The summed E-state index contributed by atoms with van der Waals surface area (Å²) < 4.78 is 6.51. The van der Waals surface area contributed by atoms with E-state index in [0.717, 1.165) is 0 Å². The van der Waals surface area contributed by atoms with Gasteiger partial charge in [-0.3, -0.25) is 0 Å². The number of aromatic nitrogens is 4. The Morgan fingerprint density at radius 2 is 2.26 bits per heavy atom. The molecule has 1 aromatic carbocycles. The lowest BCUT2D eigenvalue weighted by Crippen LogP contribution is -2.06. The number of carboxylic acids is 1. The van der Waals surface area contributed by atoms with Crippen molar-refractivity contribution in [2.24, 2.45) is 0 Å². The molecule has 0 atom stereocenters. The molecule has 0 bridgehead atoms. The van der Waals surface area contributed by atoms with E-state index in [4.69, 9.17) is 21.4 Å². The van der Waals surface area contributed by atoms with Crippen LogP contribution in [0.3, 0.4) is 0 Å². The molecule has 1 N–H and O–H groups in total. The second-order valence-corrected chi connectivity index (χ2v) is 4.08. The number of rotatable bonds is 4. The van der Waals surface area contributed by atoms with Gasteiger partial charge in [0.15, 0.2) is 5.82 Å². The van der Waals surface area contributed by atoms with Crippen molar-refractivity contribution in [1.82, 2.24) is 20.2 Å². The fraction of sp³-hybridized carbons (Fsp3) is 0.273. The van der Waals surface area contributed by atoms with Crippen LogP contribution in [-0.4, -0.2) is 38.4 Å². The van der Waals surface area contributed by atoms with Gasteiger partial charge in [0.1, 0.15) is 11.3 Å². The topological polar surface area (TPSA) is 90.1 Å². The number of nitrogens with zero attached hydrogens (tertiary/aromatic N) is 4. The van der Waals surface area contributed by atoms with Gasteiger partial charge in [-0.25, -0.2) is 4.79 Å². The smallest absolute Gasteiger partial charge is 0.339 e. The van der Waals surface area contributed by atoms with Crippen molar-refractivity contribution >= 4 is 17.6 Å². The summed E-state index contributed by atoms with van der Waals surface area (Å²) in [5.41, 5.74) is 0.465. The monoisotopic (exact) mass is 282 g/mol. The fourth-order valence-corrected chi connectivity index (χ4v) is 1.90. The van der Waals surface area contributed by atoms with Gasteiger partial charge in [-0.1, -0.05) is 18.5 Å². The number of hydrogen-bond acceptors (Lipinski definition) is 5. The summed E-state index contributed by atoms with van der Waals surface area (Å²) in [6.07, 6.45) is 0.617. The van der Waals surface area contributed by atoms with E-state index in [2.05, 4.69) is 15.5 Å². The van der Waals surface area contributed by atoms with Gasteiger partial charge in [0.25, 0.3) is 0 Å². The van der Waals surface area contributed by atoms with Crippen molar-refractivity contribution in [3.05, 3.63) is 28.5 Å². The lowest BCUT2D eigenvalue weighted by molar-refractivity contribution is 0.0693. The van der Waals surface area contributed by atoms with E-state index in [1.807, 2.05) is 6.92 Å². The molecular weight excluding hydrogens is 272 g/mol. The normalized spacial score (nSPS) is 10.5. The minimum Gasteiger partial charge on any atom is -0.496 e. The number of benzene rings is 1. The maximum atomic E-state index is 11.1. The molecule has 0 aliphatic heterocycles.